The van der Waals surface area contributed by atoms with Crippen LogP contribution >= 0.6 is 11.8 Å². The number of allylic oxidation sites excluding steroid dienone is 2. The monoisotopic (exact) mass is 365 g/mol. The Hall–Kier alpha value is -2.42. The first-order valence-electron chi connectivity index (χ1n) is 7.85. The molecule has 1 aliphatic rings. The van der Waals surface area contributed by atoms with Crippen LogP contribution in [0.4, 0.5) is 0 Å². The Morgan fingerprint density at radius 2 is 2.00 bits per heavy atom. The summed E-state index contributed by atoms with van der Waals surface area (Å²) in [7, 11) is 1.41. The third-order valence-electron chi connectivity index (χ3n) is 3.52. The van der Waals surface area contributed by atoms with Crippen molar-refractivity contribution in [2.75, 3.05) is 19.3 Å². The topological polar surface area (TPSA) is 118 Å². The Balaban J connectivity index is 1.92. The van der Waals surface area contributed by atoms with Crippen LogP contribution in [0.15, 0.2) is 15.5 Å². The Bertz CT molecular complexity index is 738. The van der Waals surface area contributed by atoms with Crippen molar-refractivity contribution in [1.29, 1.82) is 0 Å². The number of hydrogen-bond acceptors (Lipinski definition) is 7. The fourth-order valence-electron chi connectivity index (χ4n) is 2.27. The minimum Gasteiger partial charge on any atom is -0.356 e. The van der Waals surface area contributed by atoms with Crippen LogP contribution < -0.4 is 10.6 Å². The van der Waals surface area contributed by atoms with E-state index in [1.54, 1.807) is 0 Å². The number of nitrogens with one attached hydrogen (secondary N) is 2. The van der Waals surface area contributed by atoms with E-state index in [1.165, 1.54) is 31.8 Å². The first-order chi connectivity index (χ1) is 12.0. The van der Waals surface area contributed by atoms with Gasteiger partial charge in [0.15, 0.2) is 5.69 Å². The zero-order valence-corrected chi connectivity index (χ0v) is 14.8. The van der Waals surface area contributed by atoms with E-state index in [0.29, 0.717) is 12.3 Å². The lowest BCUT2D eigenvalue weighted by Crippen LogP contribution is -2.23. The maximum Gasteiger partial charge on any atom is 0.274 e. The molecular formula is C16H19N3O5S. The molecule has 0 spiro atoms. The average Bonchev–Trinajstić information content (AvgIpc) is 3.03. The van der Waals surface area contributed by atoms with Crippen LogP contribution in [0.3, 0.4) is 0 Å². The SMILES string of the molecule is CNC(=O)c1noc2c1C(=O)C(SCCCCCNC(C)=O)=CC2=O. The Kier molecular flexibility index (Phi) is 6.51. The minimum absolute atomic E-state index is 0.0534. The summed E-state index contributed by atoms with van der Waals surface area (Å²) < 4.78 is 4.86. The fourth-order valence-corrected chi connectivity index (χ4v) is 3.27. The summed E-state index contributed by atoms with van der Waals surface area (Å²) in [6, 6.07) is 0. The second-order valence-corrected chi connectivity index (χ2v) is 6.55. The van der Waals surface area contributed by atoms with Gasteiger partial charge in [-0.25, -0.2) is 0 Å². The van der Waals surface area contributed by atoms with Crippen molar-refractivity contribution in [3.8, 4) is 0 Å². The molecule has 0 aliphatic heterocycles. The molecule has 0 saturated heterocycles. The zero-order chi connectivity index (χ0) is 18.4. The summed E-state index contributed by atoms with van der Waals surface area (Å²) in [5, 5.41) is 8.63. The molecule has 2 amide bonds. The van der Waals surface area contributed by atoms with Gasteiger partial charge in [-0.3, -0.25) is 19.2 Å². The molecule has 0 radical (unpaired) electrons. The zero-order valence-electron chi connectivity index (χ0n) is 14.0. The largest absolute Gasteiger partial charge is 0.356 e. The van der Waals surface area contributed by atoms with Gasteiger partial charge in [0.25, 0.3) is 5.91 Å². The van der Waals surface area contributed by atoms with Gasteiger partial charge in [-0.05, 0) is 18.6 Å². The fraction of sp³-hybridized carbons (Fsp3) is 0.438. The van der Waals surface area contributed by atoms with E-state index in [4.69, 9.17) is 4.52 Å². The number of rotatable bonds is 8. The summed E-state index contributed by atoms with van der Waals surface area (Å²) in [6.45, 7) is 2.10. The van der Waals surface area contributed by atoms with Crippen molar-refractivity contribution in [1.82, 2.24) is 15.8 Å². The summed E-state index contributed by atoms with van der Waals surface area (Å²) >= 11 is 1.27. The number of nitrogens with zero attached hydrogens (tertiary/aromatic N) is 1. The van der Waals surface area contributed by atoms with Crippen molar-refractivity contribution in [3.63, 3.8) is 0 Å². The van der Waals surface area contributed by atoms with E-state index in [2.05, 4.69) is 15.8 Å². The predicted molar refractivity (Wildman–Crippen MR) is 91.6 cm³/mol. The normalized spacial score (nSPS) is 13.3. The molecule has 2 N–H and O–H groups in total. The van der Waals surface area contributed by atoms with E-state index < -0.39 is 17.5 Å². The van der Waals surface area contributed by atoms with Crippen LogP contribution in [0.1, 0.15) is 57.6 Å². The van der Waals surface area contributed by atoms with Crippen LogP contribution in [0.25, 0.3) is 0 Å². The number of ketones is 2. The van der Waals surface area contributed by atoms with Crippen LogP contribution in [-0.4, -0.2) is 47.9 Å². The highest BCUT2D eigenvalue weighted by Gasteiger charge is 2.35. The third kappa shape index (κ3) is 4.56. The maximum atomic E-state index is 12.5. The molecule has 1 aliphatic carbocycles. The molecule has 1 heterocycles. The number of aromatic nitrogens is 1. The predicted octanol–water partition coefficient (Wildman–Crippen LogP) is 1.34. The maximum absolute atomic E-state index is 12.5. The van der Waals surface area contributed by atoms with E-state index in [0.717, 1.165) is 19.3 Å². The quantitative estimate of drug-likeness (QED) is 0.667. The minimum atomic E-state index is -0.574. The molecule has 0 aromatic carbocycles. The number of Topliss-reactive ketones (excluding diaryl/α,β-unsaturated/α-hetero) is 1. The van der Waals surface area contributed by atoms with Crippen LogP contribution in [0, 0.1) is 0 Å². The first kappa shape index (κ1) is 18.9. The standard InChI is InChI=1S/C16H19N3O5S/c1-9(20)18-6-4-3-5-7-25-11-8-10(21)15-12(14(11)22)13(19-24-15)16(23)17-2/h8H,3-7H2,1-2H3,(H,17,23)(H,18,20). The van der Waals surface area contributed by atoms with Gasteiger partial charge >= 0.3 is 0 Å². The second kappa shape index (κ2) is 8.61. The number of amides is 2. The van der Waals surface area contributed by atoms with Crippen molar-refractivity contribution in [2.45, 2.75) is 26.2 Å². The van der Waals surface area contributed by atoms with Gasteiger partial charge in [0, 0.05) is 26.6 Å². The number of carbonyl (C=O) groups excluding carboxylic acids is 4. The smallest absolute Gasteiger partial charge is 0.274 e. The number of carbonyl (C=O) groups is 4. The van der Waals surface area contributed by atoms with E-state index in [-0.39, 0.29) is 27.8 Å². The summed E-state index contributed by atoms with van der Waals surface area (Å²) in [5.74, 6) is -1.05. The highest BCUT2D eigenvalue weighted by molar-refractivity contribution is 8.04. The Labute approximate surface area is 148 Å². The molecule has 0 unspecified atom stereocenters. The lowest BCUT2D eigenvalue weighted by Gasteiger charge is -2.10. The molecule has 1 aromatic heterocycles. The van der Waals surface area contributed by atoms with Gasteiger partial charge in [0.1, 0.15) is 5.56 Å². The lowest BCUT2D eigenvalue weighted by molar-refractivity contribution is -0.118. The van der Waals surface area contributed by atoms with Crippen molar-refractivity contribution in [3.05, 3.63) is 28.0 Å². The van der Waals surface area contributed by atoms with Crippen molar-refractivity contribution < 1.29 is 23.7 Å². The number of unbranched alkanes of at least 4 members (excludes halogenated alkanes) is 2. The molecule has 0 saturated carbocycles. The second-order valence-electron chi connectivity index (χ2n) is 5.41. The van der Waals surface area contributed by atoms with Crippen LogP contribution in [0.5, 0.6) is 0 Å². The molecule has 134 valence electrons. The third-order valence-corrected chi connectivity index (χ3v) is 4.63. The molecular weight excluding hydrogens is 346 g/mol. The molecule has 0 atom stereocenters. The average molecular weight is 365 g/mol. The van der Waals surface area contributed by atoms with E-state index in [9.17, 15) is 19.2 Å². The molecule has 0 bridgehead atoms. The molecule has 25 heavy (non-hydrogen) atoms. The van der Waals surface area contributed by atoms with Crippen LogP contribution in [0.2, 0.25) is 0 Å². The van der Waals surface area contributed by atoms with E-state index >= 15 is 0 Å². The molecule has 9 heteroatoms. The Morgan fingerprint density at radius 3 is 2.68 bits per heavy atom. The van der Waals surface area contributed by atoms with Gasteiger partial charge in [-0.2, -0.15) is 0 Å². The summed E-state index contributed by atoms with van der Waals surface area (Å²) in [6.07, 6.45) is 3.81. The number of thioether (sulfide) groups is 1. The van der Waals surface area contributed by atoms with Crippen molar-refractivity contribution in [2.24, 2.45) is 0 Å². The summed E-state index contributed by atoms with van der Waals surface area (Å²) in [5.41, 5.74) is -0.239. The van der Waals surface area contributed by atoms with E-state index in [1.807, 2.05) is 0 Å². The van der Waals surface area contributed by atoms with Gasteiger partial charge < -0.3 is 15.2 Å². The number of fused-ring (bicyclic) bond motifs is 1. The van der Waals surface area contributed by atoms with Crippen molar-refractivity contribution >= 4 is 35.1 Å². The molecule has 8 nitrogen and oxygen atoms in total. The van der Waals surface area contributed by atoms with Crippen LogP contribution in [-0.2, 0) is 4.79 Å². The first-order valence-corrected chi connectivity index (χ1v) is 8.84. The molecule has 2 rings (SSSR count). The van der Waals surface area contributed by atoms with Gasteiger partial charge in [0.2, 0.25) is 23.2 Å². The van der Waals surface area contributed by atoms with Gasteiger partial charge in [-0.15, -0.1) is 11.8 Å². The molecule has 1 aromatic rings. The summed E-state index contributed by atoms with van der Waals surface area (Å²) in [4.78, 5) is 47.4. The number of hydrogen-bond donors (Lipinski definition) is 2. The van der Waals surface area contributed by atoms with Gasteiger partial charge in [0.05, 0.1) is 4.91 Å². The highest BCUT2D eigenvalue weighted by Crippen LogP contribution is 2.31. The highest BCUT2D eigenvalue weighted by atomic mass is 32.2. The Morgan fingerprint density at radius 1 is 1.24 bits per heavy atom. The van der Waals surface area contributed by atoms with Gasteiger partial charge in [-0.1, -0.05) is 11.6 Å². The molecule has 0 fully saturated rings. The lowest BCUT2D eigenvalue weighted by atomic mass is 10.00.